The van der Waals surface area contributed by atoms with Gasteiger partial charge in [-0.1, -0.05) is 17.7 Å². The van der Waals surface area contributed by atoms with Gasteiger partial charge in [0.05, 0.1) is 6.26 Å². The molecule has 0 bridgehead atoms. The number of hydrogen-bond acceptors (Lipinski definition) is 3. The highest BCUT2D eigenvalue weighted by molar-refractivity contribution is 6.06. The molecule has 2 amide bonds. The molecular formula is C20H18N2O3. The summed E-state index contributed by atoms with van der Waals surface area (Å²) in [5.41, 5.74) is 3.88. The van der Waals surface area contributed by atoms with E-state index in [0.717, 1.165) is 11.1 Å². The van der Waals surface area contributed by atoms with Gasteiger partial charge in [-0.2, -0.15) is 0 Å². The van der Waals surface area contributed by atoms with Crippen molar-refractivity contribution in [3.05, 3.63) is 83.3 Å². The van der Waals surface area contributed by atoms with E-state index >= 15 is 0 Å². The van der Waals surface area contributed by atoms with Crippen molar-refractivity contribution in [2.24, 2.45) is 0 Å². The number of amides is 2. The van der Waals surface area contributed by atoms with Gasteiger partial charge < -0.3 is 15.1 Å². The van der Waals surface area contributed by atoms with Crippen LogP contribution in [0.3, 0.4) is 0 Å². The second kappa shape index (κ2) is 7.05. The van der Waals surface area contributed by atoms with E-state index in [4.69, 9.17) is 4.42 Å². The van der Waals surface area contributed by atoms with Gasteiger partial charge in [-0.3, -0.25) is 9.59 Å². The summed E-state index contributed by atoms with van der Waals surface area (Å²) >= 11 is 0. The van der Waals surface area contributed by atoms with Gasteiger partial charge in [0.15, 0.2) is 5.76 Å². The second-order valence-electron chi connectivity index (χ2n) is 5.78. The highest BCUT2D eigenvalue weighted by Crippen LogP contribution is 2.17. The molecule has 0 fully saturated rings. The van der Waals surface area contributed by atoms with Crippen LogP contribution in [0.25, 0.3) is 0 Å². The molecule has 0 aliphatic heterocycles. The van der Waals surface area contributed by atoms with Gasteiger partial charge >= 0.3 is 0 Å². The predicted octanol–water partition coefficient (Wildman–Crippen LogP) is 4.40. The van der Waals surface area contributed by atoms with Crippen LogP contribution >= 0.6 is 0 Å². The van der Waals surface area contributed by atoms with E-state index in [2.05, 4.69) is 10.6 Å². The zero-order valence-corrected chi connectivity index (χ0v) is 14.0. The van der Waals surface area contributed by atoms with Crippen LogP contribution in [-0.2, 0) is 0 Å². The van der Waals surface area contributed by atoms with Gasteiger partial charge in [0.1, 0.15) is 0 Å². The topological polar surface area (TPSA) is 71.3 Å². The molecule has 5 heteroatoms. The van der Waals surface area contributed by atoms with Crippen LogP contribution in [0.4, 0.5) is 11.4 Å². The van der Waals surface area contributed by atoms with Gasteiger partial charge in [0, 0.05) is 16.9 Å². The summed E-state index contributed by atoms with van der Waals surface area (Å²) in [6.45, 7) is 3.86. The third-order valence-electron chi connectivity index (χ3n) is 3.78. The Morgan fingerprint density at radius 3 is 2.08 bits per heavy atom. The highest BCUT2D eigenvalue weighted by Gasteiger charge is 2.11. The number of aryl methyl sites for hydroxylation is 2. The van der Waals surface area contributed by atoms with Crippen molar-refractivity contribution < 1.29 is 14.0 Å². The van der Waals surface area contributed by atoms with E-state index in [0.29, 0.717) is 16.9 Å². The molecule has 0 saturated heterocycles. The Bertz CT molecular complexity index is 897. The number of anilines is 2. The first-order valence-electron chi connectivity index (χ1n) is 7.86. The lowest BCUT2D eigenvalue weighted by molar-refractivity contribution is 0.0994. The number of nitrogens with one attached hydrogen (secondary N) is 2. The van der Waals surface area contributed by atoms with E-state index in [1.165, 1.54) is 6.26 Å². The SMILES string of the molecule is Cc1ccc(C)c(C(=O)Nc2ccc(NC(=O)c3ccco3)cc2)c1. The molecule has 0 radical (unpaired) electrons. The molecule has 1 aromatic heterocycles. The molecule has 0 atom stereocenters. The minimum atomic E-state index is -0.322. The maximum Gasteiger partial charge on any atom is 0.291 e. The Labute approximate surface area is 145 Å². The van der Waals surface area contributed by atoms with E-state index in [-0.39, 0.29) is 17.6 Å². The summed E-state index contributed by atoms with van der Waals surface area (Å²) in [6, 6.07) is 15.9. The van der Waals surface area contributed by atoms with E-state index in [9.17, 15) is 9.59 Å². The molecule has 0 saturated carbocycles. The van der Waals surface area contributed by atoms with Gasteiger partial charge in [0.2, 0.25) is 0 Å². The summed E-state index contributed by atoms with van der Waals surface area (Å²) in [7, 11) is 0. The largest absolute Gasteiger partial charge is 0.459 e. The Kier molecular flexibility index (Phi) is 4.66. The van der Waals surface area contributed by atoms with Crippen molar-refractivity contribution in [3.63, 3.8) is 0 Å². The molecule has 5 nitrogen and oxygen atoms in total. The zero-order chi connectivity index (χ0) is 17.8. The number of carbonyl (C=O) groups is 2. The summed E-state index contributed by atoms with van der Waals surface area (Å²) < 4.78 is 5.04. The molecule has 126 valence electrons. The maximum absolute atomic E-state index is 12.4. The smallest absolute Gasteiger partial charge is 0.291 e. The molecule has 1 heterocycles. The molecule has 3 aromatic rings. The predicted molar refractivity (Wildman–Crippen MR) is 97.0 cm³/mol. The first-order valence-corrected chi connectivity index (χ1v) is 7.86. The van der Waals surface area contributed by atoms with Gasteiger partial charge in [-0.05, 0) is 61.9 Å². The van der Waals surface area contributed by atoms with Crippen LogP contribution in [0.5, 0.6) is 0 Å². The molecular weight excluding hydrogens is 316 g/mol. The van der Waals surface area contributed by atoms with E-state index in [1.54, 1.807) is 36.4 Å². The van der Waals surface area contributed by atoms with Crippen molar-refractivity contribution in [2.45, 2.75) is 13.8 Å². The van der Waals surface area contributed by atoms with Crippen LogP contribution in [0.15, 0.2) is 65.3 Å². The fourth-order valence-electron chi connectivity index (χ4n) is 2.42. The molecule has 3 rings (SSSR count). The lowest BCUT2D eigenvalue weighted by Crippen LogP contribution is -2.14. The third kappa shape index (κ3) is 3.95. The Morgan fingerprint density at radius 2 is 1.48 bits per heavy atom. The van der Waals surface area contributed by atoms with Crippen molar-refractivity contribution in [1.29, 1.82) is 0 Å². The van der Waals surface area contributed by atoms with Crippen molar-refractivity contribution in [1.82, 2.24) is 0 Å². The molecule has 0 spiro atoms. The normalized spacial score (nSPS) is 10.3. The molecule has 25 heavy (non-hydrogen) atoms. The number of hydrogen-bond donors (Lipinski definition) is 2. The Morgan fingerprint density at radius 1 is 0.840 bits per heavy atom. The third-order valence-corrected chi connectivity index (χ3v) is 3.78. The fraction of sp³-hybridized carbons (Fsp3) is 0.100. The second-order valence-corrected chi connectivity index (χ2v) is 5.78. The van der Waals surface area contributed by atoms with Crippen LogP contribution in [0.1, 0.15) is 32.0 Å². The van der Waals surface area contributed by atoms with Crippen LogP contribution in [0.2, 0.25) is 0 Å². The molecule has 0 aliphatic carbocycles. The van der Waals surface area contributed by atoms with Gasteiger partial charge in [-0.15, -0.1) is 0 Å². The Hall–Kier alpha value is -3.34. The maximum atomic E-state index is 12.4. The summed E-state index contributed by atoms with van der Waals surface area (Å²) in [6.07, 6.45) is 1.45. The van der Waals surface area contributed by atoms with Gasteiger partial charge in [0.25, 0.3) is 11.8 Å². The molecule has 2 N–H and O–H groups in total. The zero-order valence-electron chi connectivity index (χ0n) is 14.0. The number of benzene rings is 2. The first kappa shape index (κ1) is 16.5. The number of furan rings is 1. The van der Waals surface area contributed by atoms with E-state index in [1.807, 2.05) is 32.0 Å². The quantitative estimate of drug-likeness (QED) is 0.743. The van der Waals surface area contributed by atoms with Crippen molar-refractivity contribution in [2.75, 3.05) is 10.6 Å². The van der Waals surface area contributed by atoms with Gasteiger partial charge in [-0.25, -0.2) is 0 Å². The minimum absolute atomic E-state index is 0.159. The summed E-state index contributed by atoms with van der Waals surface area (Å²) in [5.74, 6) is -0.238. The Balaban J connectivity index is 1.67. The lowest BCUT2D eigenvalue weighted by Gasteiger charge is -2.09. The molecule has 0 unspecified atom stereocenters. The number of carbonyl (C=O) groups excluding carboxylic acids is 2. The van der Waals surface area contributed by atoms with Crippen LogP contribution in [0, 0.1) is 13.8 Å². The number of rotatable bonds is 4. The standard InChI is InChI=1S/C20H18N2O3/c1-13-5-6-14(2)17(12-13)19(23)21-15-7-9-16(10-8-15)22-20(24)18-4-3-11-25-18/h3-12H,1-2H3,(H,21,23)(H,22,24). The van der Waals surface area contributed by atoms with Crippen LogP contribution < -0.4 is 10.6 Å². The van der Waals surface area contributed by atoms with Crippen LogP contribution in [-0.4, -0.2) is 11.8 Å². The molecule has 0 aliphatic rings. The van der Waals surface area contributed by atoms with Crippen molar-refractivity contribution in [3.8, 4) is 0 Å². The first-order chi connectivity index (χ1) is 12.0. The monoisotopic (exact) mass is 334 g/mol. The molecule has 2 aromatic carbocycles. The highest BCUT2D eigenvalue weighted by atomic mass is 16.3. The summed E-state index contributed by atoms with van der Waals surface area (Å²) in [4.78, 5) is 24.3. The van der Waals surface area contributed by atoms with Crippen molar-refractivity contribution >= 4 is 23.2 Å². The fourth-order valence-corrected chi connectivity index (χ4v) is 2.42. The van der Waals surface area contributed by atoms with E-state index < -0.39 is 0 Å². The average Bonchev–Trinajstić information content (AvgIpc) is 3.13. The lowest BCUT2D eigenvalue weighted by atomic mass is 10.1. The summed E-state index contributed by atoms with van der Waals surface area (Å²) in [5, 5.41) is 5.59. The average molecular weight is 334 g/mol. The minimum Gasteiger partial charge on any atom is -0.459 e.